The highest BCUT2D eigenvalue weighted by molar-refractivity contribution is 5.31. The van der Waals surface area contributed by atoms with Crippen LogP contribution in [0.3, 0.4) is 0 Å². The van der Waals surface area contributed by atoms with Gasteiger partial charge in [-0.05, 0) is 25.1 Å². The summed E-state index contributed by atoms with van der Waals surface area (Å²) in [6.45, 7) is 10.7. The minimum absolute atomic E-state index is 0.360. The van der Waals surface area contributed by atoms with Crippen molar-refractivity contribution in [1.29, 1.82) is 0 Å². The van der Waals surface area contributed by atoms with E-state index in [2.05, 4.69) is 16.7 Å². The number of likely N-dealkylation sites (N-methyl/N-ethyl adjacent to an activating group) is 1. The van der Waals surface area contributed by atoms with Gasteiger partial charge >= 0.3 is 0 Å². The number of piperazine rings is 1. The molecule has 4 nitrogen and oxygen atoms in total. The van der Waals surface area contributed by atoms with Gasteiger partial charge in [-0.2, -0.15) is 0 Å². The number of hydrogen-bond donors (Lipinski definition) is 1. The molecule has 0 unspecified atom stereocenters. The van der Waals surface area contributed by atoms with Crippen molar-refractivity contribution in [1.82, 2.24) is 9.80 Å². The molecule has 112 valence electrons. The molecule has 1 aromatic rings. The van der Waals surface area contributed by atoms with Crippen molar-refractivity contribution in [3.8, 4) is 5.75 Å². The van der Waals surface area contributed by atoms with Gasteiger partial charge in [-0.3, -0.25) is 4.90 Å². The molecule has 2 rings (SSSR count). The first kappa shape index (κ1) is 15.3. The molecule has 1 heterocycles. The Labute approximate surface area is 122 Å². The third-order valence-corrected chi connectivity index (χ3v) is 3.91. The summed E-state index contributed by atoms with van der Waals surface area (Å²) in [4.78, 5) is 4.75. The molecule has 1 fully saturated rings. The van der Waals surface area contributed by atoms with E-state index in [1.165, 1.54) is 0 Å². The number of ether oxygens (including phenoxy) is 1. The normalized spacial score (nSPS) is 18.9. The lowest BCUT2D eigenvalue weighted by Gasteiger charge is -2.34. The number of hydrogen-bond acceptors (Lipinski definition) is 4. The number of aliphatic hydroxyl groups is 1. The standard InChI is InChI=1S/C16H26N2O2/c1-3-17-8-10-18(11-9-17)12-15(19)13-20-16-7-5-4-6-14(16)2/h4-7,15,19H,3,8-13H2,1-2H3/t15-/m1/s1. The third kappa shape index (κ3) is 4.47. The molecule has 0 amide bonds. The molecule has 0 radical (unpaired) electrons. The fourth-order valence-corrected chi connectivity index (χ4v) is 2.54. The number of β-amino-alcohol motifs (C(OH)–C–C–N with tert-alkyl or cyclic N) is 1. The monoisotopic (exact) mass is 278 g/mol. The van der Waals surface area contributed by atoms with E-state index >= 15 is 0 Å². The molecule has 0 spiro atoms. The van der Waals surface area contributed by atoms with Crippen molar-refractivity contribution in [2.45, 2.75) is 20.0 Å². The molecule has 1 N–H and O–H groups in total. The smallest absolute Gasteiger partial charge is 0.122 e. The van der Waals surface area contributed by atoms with E-state index in [1.807, 2.05) is 31.2 Å². The molecule has 4 heteroatoms. The largest absolute Gasteiger partial charge is 0.491 e. The number of aliphatic hydroxyl groups excluding tert-OH is 1. The Bertz CT molecular complexity index is 403. The van der Waals surface area contributed by atoms with Crippen molar-refractivity contribution in [3.05, 3.63) is 29.8 Å². The van der Waals surface area contributed by atoms with Gasteiger partial charge in [0.2, 0.25) is 0 Å². The Hall–Kier alpha value is -1.10. The summed E-state index contributed by atoms with van der Waals surface area (Å²) in [7, 11) is 0. The van der Waals surface area contributed by atoms with Gasteiger partial charge in [-0.25, -0.2) is 0 Å². The quantitative estimate of drug-likeness (QED) is 0.852. The van der Waals surface area contributed by atoms with Crippen LogP contribution in [0.5, 0.6) is 5.75 Å². The summed E-state index contributed by atoms with van der Waals surface area (Å²) < 4.78 is 5.70. The Morgan fingerprint density at radius 2 is 1.80 bits per heavy atom. The highest BCUT2D eigenvalue weighted by Crippen LogP contribution is 2.16. The molecule has 0 aromatic heterocycles. The zero-order valence-electron chi connectivity index (χ0n) is 12.6. The highest BCUT2D eigenvalue weighted by atomic mass is 16.5. The maximum Gasteiger partial charge on any atom is 0.122 e. The van der Waals surface area contributed by atoms with Crippen LogP contribution >= 0.6 is 0 Å². The number of para-hydroxylation sites is 1. The fourth-order valence-electron chi connectivity index (χ4n) is 2.54. The second-order valence-corrected chi connectivity index (χ2v) is 5.47. The number of aryl methyl sites for hydroxylation is 1. The van der Waals surface area contributed by atoms with Gasteiger partial charge in [0.15, 0.2) is 0 Å². The Morgan fingerprint density at radius 1 is 1.15 bits per heavy atom. The molecule has 1 saturated heterocycles. The lowest BCUT2D eigenvalue weighted by molar-refractivity contribution is 0.0469. The van der Waals surface area contributed by atoms with Crippen LogP contribution < -0.4 is 4.74 Å². The molecule has 1 aliphatic rings. The molecule has 0 saturated carbocycles. The second kappa shape index (κ2) is 7.62. The van der Waals surface area contributed by atoms with Crippen LogP contribution in [0, 0.1) is 6.92 Å². The van der Waals surface area contributed by atoms with Crippen molar-refractivity contribution >= 4 is 0 Å². The van der Waals surface area contributed by atoms with Gasteiger partial charge in [-0.15, -0.1) is 0 Å². The zero-order valence-corrected chi connectivity index (χ0v) is 12.6. The van der Waals surface area contributed by atoms with Crippen LogP contribution in [0.25, 0.3) is 0 Å². The highest BCUT2D eigenvalue weighted by Gasteiger charge is 2.18. The maximum absolute atomic E-state index is 10.1. The fraction of sp³-hybridized carbons (Fsp3) is 0.625. The minimum Gasteiger partial charge on any atom is -0.491 e. The predicted octanol–water partition coefficient (Wildman–Crippen LogP) is 1.37. The van der Waals surface area contributed by atoms with Crippen LogP contribution in [-0.2, 0) is 0 Å². The summed E-state index contributed by atoms with van der Waals surface area (Å²) >= 11 is 0. The molecular weight excluding hydrogens is 252 g/mol. The lowest BCUT2D eigenvalue weighted by Crippen LogP contribution is -2.49. The molecule has 1 aromatic carbocycles. The average molecular weight is 278 g/mol. The van der Waals surface area contributed by atoms with Crippen LogP contribution in [0.15, 0.2) is 24.3 Å². The molecule has 1 atom stereocenters. The first-order chi connectivity index (χ1) is 9.69. The summed E-state index contributed by atoms with van der Waals surface area (Å²) in [5.74, 6) is 0.863. The van der Waals surface area contributed by atoms with E-state index in [9.17, 15) is 5.11 Å². The van der Waals surface area contributed by atoms with E-state index in [0.29, 0.717) is 13.2 Å². The first-order valence-electron chi connectivity index (χ1n) is 7.50. The van der Waals surface area contributed by atoms with Crippen molar-refractivity contribution in [3.63, 3.8) is 0 Å². The van der Waals surface area contributed by atoms with Gasteiger partial charge in [0.05, 0.1) is 0 Å². The van der Waals surface area contributed by atoms with Crippen LogP contribution in [0.4, 0.5) is 0 Å². The summed E-state index contributed by atoms with van der Waals surface area (Å²) in [5.41, 5.74) is 1.11. The van der Waals surface area contributed by atoms with Gasteiger partial charge < -0.3 is 14.7 Å². The van der Waals surface area contributed by atoms with E-state index in [0.717, 1.165) is 44.0 Å². The molecule has 20 heavy (non-hydrogen) atoms. The van der Waals surface area contributed by atoms with Gasteiger partial charge in [0.25, 0.3) is 0 Å². The molecule has 1 aliphatic heterocycles. The molecular formula is C16H26N2O2. The first-order valence-corrected chi connectivity index (χ1v) is 7.50. The van der Waals surface area contributed by atoms with Crippen LogP contribution in [-0.4, -0.2) is 66.9 Å². The van der Waals surface area contributed by atoms with E-state index in [-0.39, 0.29) is 0 Å². The van der Waals surface area contributed by atoms with Crippen molar-refractivity contribution < 1.29 is 9.84 Å². The van der Waals surface area contributed by atoms with Gasteiger partial charge in [0.1, 0.15) is 18.5 Å². The number of rotatable bonds is 6. The Kier molecular flexibility index (Phi) is 5.83. The van der Waals surface area contributed by atoms with Crippen molar-refractivity contribution in [2.75, 3.05) is 45.9 Å². The third-order valence-electron chi connectivity index (χ3n) is 3.91. The minimum atomic E-state index is -0.428. The van der Waals surface area contributed by atoms with Gasteiger partial charge in [-0.1, -0.05) is 25.1 Å². The zero-order chi connectivity index (χ0) is 14.4. The summed E-state index contributed by atoms with van der Waals surface area (Å²) in [6, 6.07) is 7.91. The topological polar surface area (TPSA) is 35.9 Å². The second-order valence-electron chi connectivity index (χ2n) is 5.47. The Morgan fingerprint density at radius 3 is 2.45 bits per heavy atom. The van der Waals surface area contributed by atoms with E-state index in [4.69, 9.17) is 4.74 Å². The predicted molar refractivity (Wildman–Crippen MR) is 81.2 cm³/mol. The van der Waals surface area contributed by atoms with E-state index < -0.39 is 6.10 Å². The maximum atomic E-state index is 10.1. The molecule has 0 aliphatic carbocycles. The van der Waals surface area contributed by atoms with Crippen LogP contribution in [0.1, 0.15) is 12.5 Å². The summed E-state index contributed by atoms with van der Waals surface area (Å²) in [6.07, 6.45) is -0.428. The van der Waals surface area contributed by atoms with Crippen molar-refractivity contribution in [2.24, 2.45) is 0 Å². The number of benzene rings is 1. The van der Waals surface area contributed by atoms with Gasteiger partial charge in [0, 0.05) is 32.7 Å². The van der Waals surface area contributed by atoms with Crippen LogP contribution in [0.2, 0.25) is 0 Å². The van der Waals surface area contributed by atoms with E-state index in [1.54, 1.807) is 0 Å². The SMILES string of the molecule is CCN1CCN(C[C@@H](O)COc2ccccc2C)CC1. The summed E-state index contributed by atoms with van der Waals surface area (Å²) in [5, 5.41) is 10.1. The molecule has 0 bridgehead atoms. The average Bonchev–Trinajstić information content (AvgIpc) is 2.47. The lowest BCUT2D eigenvalue weighted by atomic mass is 10.2. The Balaban J connectivity index is 1.71. The number of nitrogens with zero attached hydrogens (tertiary/aromatic N) is 2.